The number of carbonyl (C=O) groups is 2. The summed E-state index contributed by atoms with van der Waals surface area (Å²) >= 11 is 0. The van der Waals surface area contributed by atoms with Crippen LogP contribution in [-0.2, 0) is 16.0 Å². The number of carbonyl (C=O) groups excluding carboxylic acids is 2. The van der Waals surface area contributed by atoms with Gasteiger partial charge in [-0.05, 0) is 38.0 Å². The van der Waals surface area contributed by atoms with Gasteiger partial charge < -0.3 is 10.2 Å². The Morgan fingerprint density at radius 1 is 1.28 bits per heavy atom. The van der Waals surface area contributed by atoms with Gasteiger partial charge in [-0.15, -0.1) is 0 Å². The fourth-order valence-electron chi connectivity index (χ4n) is 2.08. The first-order chi connectivity index (χ1) is 8.59. The summed E-state index contributed by atoms with van der Waals surface area (Å²) < 4.78 is 0. The monoisotopic (exact) mass is 247 g/mol. The van der Waals surface area contributed by atoms with E-state index in [-0.39, 0.29) is 11.8 Å². The molecule has 96 valence electrons. The third-order valence-corrected chi connectivity index (χ3v) is 3.25. The summed E-state index contributed by atoms with van der Waals surface area (Å²) in [5.41, 5.74) is 1.11. The Morgan fingerprint density at radius 3 is 2.61 bits per heavy atom. The van der Waals surface area contributed by atoms with E-state index in [1.165, 1.54) is 0 Å². The van der Waals surface area contributed by atoms with Gasteiger partial charge in [0.05, 0.1) is 0 Å². The van der Waals surface area contributed by atoms with Crippen LogP contribution in [0.15, 0.2) is 24.5 Å². The number of piperazine rings is 1. The van der Waals surface area contributed by atoms with E-state index >= 15 is 0 Å². The molecule has 18 heavy (non-hydrogen) atoms. The zero-order valence-corrected chi connectivity index (χ0v) is 10.6. The molecule has 2 amide bonds. The van der Waals surface area contributed by atoms with Gasteiger partial charge in [0.15, 0.2) is 0 Å². The van der Waals surface area contributed by atoms with Crippen molar-refractivity contribution >= 4 is 11.8 Å². The van der Waals surface area contributed by atoms with E-state index in [1.54, 1.807) is 31.1 Å². The van der Waals surface area contributed by atoms with Crippen LogP contribution in [0.3, 0.4) is 0 Å². The second-order valence-electron chi connectivity index (χ2n) is 4.54. The molecule has 1 saturated heterocycles. The number of rotatable bonds is 3. The SMILES string of the molecule is CC1NC(=O)C(C)N(CCc2ccncc2)C1=O. The topological polar surface area (TPSA) is 62.3 Å². The highest BCUT2D eigenvalue weighted by molar-refractivity contribution is 5.96. The number of nitrogens with one attached hydrogen (secondary N) is 1. The van der Waals surface area contributed by atoms with E-state index in [4.69, 9.17) is 0 Å². The van der Waals surface area contributed by atoms with Crippen molar-refractivity contribution in [3.05, 3.63) is 30.1 Å². The summed E-state index contributed by atoms with van der Waals surface area (Å²) in [5.74, 6) is -0.104. The first-order valence-electron chi connectivity index (χ1n) is 6.09. The Morgan fingerprint density at radius 2 is 1.94 bits per heavy atom. The second kappa shape index (κ2) is 5.16. The minimum Gasteiger partial charge on any atom is -0.343 e. The van der Waals surface area contributed by atoms with Gasteiger partial charge in [0, 0.05) is 18.9 Å². The quantitative estimate of drug-likeness (QED) is 0.839. The van der Waals surface area contributed by atoms with Crippen molar-refractivity contribution in [3.8, 4) is 0 Å². The molecule has 5 heteroatoms. The van der Waals surface area contributed by atoms with Crippen LogP contribution in [0, 0.1) is 0 Å². The first-order valence-corrected chi connectivity index (χ1v) is 6.09. The van der Waals surface area contributed by atoms with Gasteiger partial charge in [-0.1, -0.05) is 0 Å². The molecule has 2 atom stereocenters. The van der Waals surface area contributed by atoms with Crippen LogP contribution in [0.1, 0.15) is 19.4 Å². The van der Waals surface area contributed by atoms with E-state index < -0.39 is 12.1 Å². The maximum atomic E-state index is 12.0. The van der Waals surface area contributed by atoms with Crippen LogP contribution < -0.4 is 5.32 Å². The van der Waals surface area contributed by atoms with E-state index in [0.717, 1.165) is 12.0 Å². The first kappa shape index (κ1) is 12.5. The number of amides is 2. The summed E-state index contributed by atoms with van der Waals surface area (Å²) in [7, 11) is 0. The number of hydrogen-bond acceptors (Lipinski definition) is 3. The van der Waals surface area contributed by atoms with Gasteiger partial charge in [0.2, 0.25) is 11.8 Å². The fourth-order valence-corrected chi connectivity index (χ4v) is 2.08. The Balaban J connectivity index is 2.02. The van der Waals surface area contributed by atoms with Gasteiger partial charge in [-0.2, -0.15) is 0 Å². The van der Waals surface area contributed by atoms with Gasteiger partial charge >= 0.3 is 0 Å². The standard InChI is InChI=1S/C13H17N3O2/c1-9-13(18)16(10(2)12(17)15-9)8-5-11-3-6-14-7-4-11/h3-4,6-7,9-10H,5,8H2,1-2H3,(H,15,17). The molecule has 1 aliphatic heterocycles. The van der Waals surface area contributed by atoms with E-state index in [2.05, 4.69) is 10.3 Å². The van der Waals surface area contributed by atoms with Crippen LogP contribution in [0.25, 0.3) is 0 Å². The molecule has 0 aromatic carbocycles. The Bertz CT molecular complexity index is 447. The average Bonchev–Trinajstić information content (AvgIpc) is 2.38. The van der Waals surface area contributed by atoms with Crippen LogP contribution in [-0.4, -0.2) is 40.3 Å². The molecule has 1 aromatic heterocycles. The molecule has 1 aromatic rings. The van der Waals surface area contributed by atoms with Gasteiger partial charge in [0.1, 0.15) is 12.1 Å². The van der Waals surface area contributed by atoms with Crippen molar-refractivity contribution in [2.24, 2.45) is 0 Å². The third kappa shape index (κ3) is 2.50. The lowest BCUT2D eigenvalue weighted by Crippen LogP contribution is -2.61. The molecule has 1 aliphatic rings. The van der Waals surface area contributed by atoms with Crippen molar-refractivity contribution < 1.29 is 9.59 Å². The number of hydrogen-bond donors (Lipinski definition) is 1. The summed E-state index contributed by atoms with van der Waals surface area (Å²) in [6, 6.07) is 3.02. The van der Waals surface area contributed by atoms with Crippen LogP contribution in [0.2, 0.25) is 0 Å². The van der Waals surface area contributed by atoms with Gasteiger partial charge in [-0.25, -0.2) is 0 Å². The highest BCUT2D eigenvalue weighted by atomic mass is 16.2. The Kier molecular flexibility index (Phi) is 3.60. The molecule has 0 spiro atoms. The van der Waals surface area contributed by atoms with Gasteiger partial charge in [0.25, 0.3) is 0 Å². The van der Waals surface area contributed by atoms with Crippen LogP contribution in [0.4, 0.5) is 0 Å². The van der Waals surface area contributed by atoms with Crippen molar-refractivity contribution in [1.29, 1.82) is 0 Å². The van der Waals surface area contributed by atoms with Crippen molar-refractivity contribution in [1.82, 2.24) is 15.2 Å². The van der Waals surface area contributed by atoms with Crippen LogP contribution in [0.5, 0.6) is 0 Å². The van der Waals surface area contributed by atoms with E-state index in [0.29, 0.717) is 6.54 Å². The third-order valence-electron chi connectivity index (χ3n) is 3.25. The molecule has 1 fully saturated rings. The highest BCUT2D eigenvalue weighted by Crippen LogP contribution is 2.11. The van der Waals surface area contributed by atoms with E-state index in [1.807, 2.05) is 12.1 Å². The number of pyridine rings is 1. The predicted molar refractivity (Wildman–Crippen MR) is 66.7 cm³/mol. The molecular weight excluding hydrogens is 230 g/mol. The molecule has 1 N–H and O–H groups in total. The molecule has 5 nitrogen and oxygen atoms in total. The molecule has 0 bridgehead atoms. The number of nitrogens with zero attached hydrogens (tertiary/aromatic N) is 2. The molecular formula is C13H17N3O2. The average molecular weight is 247 g/mol. The molecule has 2 rings (SSSR count). The minimum absolute atomic E-state index is 0.0174. The smallest absolute Gasteiger partial charge is 0.245 e. The second-order valence-corrected chi connectivity index (χ2v) is 4.54. The Hall–Kier alpha value is -1.91. The van der Waals surface area contributed by atoms with Crippen molar-refractivity contribution in [3.63, 3.8) is 0 Å². The normalized spacial score (nSPS) is 24.0. The Labute approximate surface area is 106 Å². The zero-order chi connectivity index (χ0) is 13.1. The van der Waals surface area contributed by atoms with Gasteiger partial charge in [-0.3, -0.25) is 14.6 Å². The summed E-state index contributed by atoms with van der Waals surface area (Å²) in [4.78, 5) is 29.3. The van der Waals surface area contributed by atoms with E-state index in [9.17, 15) is 9.59 Å². The lowest BCUT2D eigenvalue weighted by molar-refractivity contribution is -0.148. The number of aromatic nitrogens is 1. The summed E-state index contributed by atoms with van der Waals surface area (Å²) in [6.07, 6.45) is 4.19. The summed E-state index contributed by atoms with van der Waals surface area (Å²) in [6.45, 7) is 4.03. The highest BCUT2D eigenvalue weighted by Gasteiger charge is 2.35. The fraction of sp³-hybridized carbons (Fsp3) is 0.462. The van der Waals surface area contributed by atoms with Crippen LogP contribution >= 0.6 is 0 Å². The molecule has 0 saturated carbocycles. The zero-order valence-electron chi connectivity index (χ0n) is 10.6. The molecule has 2 heterocycles. The largest absolute Gasteiger partial charge is 0.343 e. The molecule has 0 radical (unpaired) electrons. The van der Waals surface area contributed by atoms with Crippen molar-refractivity contribution in [2.45, 2.75) is 32.4 Å². The maximum absolute atomic E-state index is 12.0. The predicted octanol–water partition coefficient (Wildman–Crippen LogP) is 0.359. The maximum Gasteiger partial charge on any atom is 0.245 e. The lowest BCUT2D eigenvalue weighted by atomic mass is 10.1. The summed E-state index contributed by atoms with van der Waals surface area (Å²) in [5, 5.41) is 2.67. The lowest BCUT2D eigenvalue weighted by Gasteiger charge is -2.36. The van der Waals surface area contributed by atoms with Crippen molar-refractivity contribution in [2.75, 3.05) is 6.54 Å². The minimum atomic E-state index is -0.425. The molecule has 0 aliphatic carbocycles. The molecule has 2 unspecified atom stereocenters.